The highest BCUT2D eigenvalue weighted by atomic mass is 16.5. The second kappa shape index (κ2) is 9.13. The molecule has 8 atom stereocenters. The van der Waals surface area contributed by atoms with Crippen molar-refractivity contribution in [3.8, 4) is 23.0 Å². The molecule has 4 bridgehead atoms. The summed E-state index contributed by atoms with van der Waals surface area (Å²) in [6.45, 7) is 2.83. The number of benzene rings is 2. The van der Waals surface area contributed by atoms with E-state index in [2.05, 4.69) is 22.9 Å². The van der Waals surface area contributed by atoms with Crippen LogP contribution in [0.15, 0.2) is 34.5 Å². The van der Waals surface area contributed by atoms with Crippen LogP contribution in [-0.2, 0) is 23.7 Å². The van der Waals surface area contributed by atoms with Gasteiger partial charge in [-0.1, -0.05) is 12.1 Å². The number of likely N-dealkylation sites (N-methyl/N-ethyl adjacent to an activating group) is 1. The van der Waals surface area contributed by atoms with Crippen molar-refractivity contribution in [1.82, 2.24) is 9.80 Å². The summed E-state index contributed by atoms with van der Waals surface area (Å²) in [5.41, 5.74) is 2.95. The first-order chi connectivity index (χ1) is 23.2. The average Bonchev–Trinajstić information content (AvgIpc) is 3.71. The second-order valence-corrected chi connectivity index (χ2v) is 16.4. The largest absolute Gasteiger partial charge is 0.504 e. The fourth-order valence-corrected chi connectivity index (χ4v) is 12.3. The predicted octanol–water partition coefficient (Wildman–Crippen LogP) is 3.25. The Morgan fingerprint density at radius 3 is 2.10 bits per heavy atom. The van der Waals surface area contributed by atoms with Crippen molar-refractivity contribution >= 4 is 11.4 Å². The summed E-state index contributed by atoms with van der Waals surface area (Å²) in [4.78, 5) is 4.87. The van der Waals surface area contributed by atoms with Crippen molar-refractivity contribution in [3.63, 3.8) is 0 Å². The fourth-order valence-electron chi connectivity index (χ4n) is 12.3. The van der Waals surface area contributed by atoms with Crippen LogP contribution in [0.1, 0.15) is 73.6 Å². The van der Waals surface area contributed by atoms with E-state index in [1.165, 1.54) is 18.4 Å². The van der Waals surface area contributed by atoms with Crippen molar-refractivity contribution in [1.29, 1.82) is 0 Å². The van der Waals surface area contributed by atoms with Gasteiger partial charge in [-0.05, 0) is 114 Å². The summed E-state index contributed by atoms with van der Waals surface area (Å²) in [6, 6.07) is 7.96. The zero-order valence-corrected chi connectivity index (χ0v) is 27.7. The Morgan fingerprint density at radius 2 is 1.42 bits per heavy atom. The molecule has 2 saturated heterocycles. The van der Waals surface area contributed by atoms with Gasteiger partial charge in [-0.2, -0.15) is 10.2 Å². The maximum absolute atomic E-state index is 12.9. The zero-order valence-electron chi connectivity index (χ0n) is 27.7. The number of hydrogen-bond acceptors (Lipinski definition) is 10. The Balaban J connectivity index is 1.02. The molecule has 11 rings (SSSR count). The fraction of sp³-hybridized carbons (Fsp3) is 0.632. The van der Waals surface area contributed by atoms with Crippen LogP contribution in [0.5, 0.6) is 23.0 Å². The molecule has 3 saturated carbocycles. The minimum absolute atomic E-state index is 0.0251. The Labute approximate surface area is 280 Å². The molecule has 2 spiro atoms. The van der Waals surface area contributed by atoms with Gasteiger partial charge in [-0.25, -0.2) is 0 Å². The summed E-state index contributed by atoms with van der Waals surface area (Å²) < 4.78 is 19.4. The topological polar surface area (TPSA) is 120 Å². The number of aliphatic hydroxyl groups is 2. The second-order valence-electron chi connectivity index (χ2n) is 16.4. The lowest BCUT2D eigenvalue weighted by atomic mass is 9.49. The molecule has 4 aliphatic heterocycles. The molecule has 2 aromatic rings. The van der Waals surface area contributed by atoms with E-state index in [1.54, 1.807) is 13.2 Å². The van der Waals surface area contributed by atoms with Crippen LogP contribution in [0.2, 0.25) is 0 Å². The SMILES string of the molecule is COc1ccc2c3c1OC1C(=NN=C4CCC5(O)C6Cc7ccc(O)c8c7C5(CCN6C)C4O8)CCC4(O)C(C2)N(CC2CC2)CCC314. The number of hydrogen-bond donors (Lipinski definition) is 3. The lowest BCUT2D eigenvalue weighted by molar-refractivity contribution is -0.166. The quantitative estimate of drug-likeness (QED) is 0.431. The predicted molar refractivity (Wildman–Crippen MR) is 178 cm³/mol. The van der Waals surface area contributed by atoms with Crippen molar-refractivity contribution < 1.29 is 29.5 Å². The van der Waals surface area contributed by atoms with Gasteiger partial charge >= 0.3 is 0 Å². The number of phenols is 1. The lowest BCUT2D eigenvalue weighted by Gasteiger charge is -2.63. The van der Waals surface area contributed by atoms with Gasteiger partial charge < -0.3 is 34.4 Å². The van der Waals surface area contributed by atoms with E-state index < -0.39 is 34.2 Å². The molecule has 48 heavy (non-hydrogen) atoms. The molecule has 3 N–H and O–H groups in total. The zero-order chi connectivity index (χ0) is 32.4. The van der Waals surface area contributed by atoms with Crippen LogP contribution in [0.4, 0.5) is 0 Å². The standard InChI is InChI=1S/C38H44N4O6/c1-41-15-13-35-29-21-5-7-25(43)31(29)47-33(35)23(9-11-37(35,44)27(41)17-21)39-40-24-10-12-38(45)28-18-22-6-8-26(46-2)32-30(22)36(38,34(24)48-32)14-16-42(28)19-20-3-4-20/h5-8,20,27-28,33-34,43-45H,3-4,9-19H2,1-2H3. The van der Waals surface area contributed by atoms with Crippen LogP contribution in [-0.4, -0.2) is 106 Å². The highest BCUT2D eigenvalue weighted by Crippen LogP contribution is 2.67. The molecule has 5 fully saturated rings. The number of rotatable bonds is 4. The first-order valence-electron chi connectivity index (χ1n) is 18.1. The Hall–Kier alpha value is -3.18. The van der Waals surface area contributed by atoms with E-state index >= 15 is 0 Å². The third kappa shape index (κ3) is 3.12. The summed E-state index contributed by atoms with van der Waals surface area (Å²) in [5.74, 6) is 2.84. The van der Waals surface area contributed by atoms with E-state index in [-0.39, 0.29) is 17.8 Å². The maximum atomic E-state index is 12.9. The molecule has 4 heterocycles. The molecule has 10 nitrogen and oxygen atoms in total. The van der Waals surface area contributed by atoms with Gasteiger partial charge in [0.2, 0.25) is 0 Å². The monoisotopic (exact) mass is 652 g/mol. The number of likely N-dealkylation sites (tertiary alicyclic amines) is 2. The van der Waals surface area contributed by atoms with E-state index in [0.717, 1.165) is 85.1 Å². The average molecular weight is 653 g/mol. The van der Waals surface area contributed by atoms with Gasteiger partial charge in [-0.3, -0.25) is 4.90 Å². The summed E-state index contributed by atoms with van der Waals surface area (Å²) in [7, 11) is 3.79. The van der Waals surface area contributed by atoms with Crippen molar-refractivity contribution in [2.45, 2.75) is 111 Å². The third-order valence-electron chi connectivity index (χ3n) is 14.6. The molecule has 0 amide bonds. The number of methoxy groups -OCH3 is 1. The van der Waals surface area contributed by atoms with Gasteiger partial charge in [0.05, 0.1) is 40.6 Å². The molecule has 0 aromatic heterocycles. The highest BCUT2D eigenvalue weighted by Gasteiger charge is 2.74. The van der Waals surface area contributed by atoms with Gasteiger partial charge in [0.15, 0.2) is 35.2 Å². The van der Waals surface area contributed by atoms with Gasteiger partial charge in [0.25, 0.3) is 0 Å². The number of phenolic OH excluding ortho intramolecular Hbond substituents is 1. The number of aromatic hydroxyl groups is 1. The number of piperidine rings is 2. The minimum atomic E-state index is -0.988. The van der Waals surface area contributed by atoms with Gasteiger partial charge in [0, 0.05) is 29.8 Å². The normalized spacial score (nSPS) is 43.1. The molecular formula is C38H44N4O6. The Bertz CT molecular complexity index is 1860. The van der Waals surface area contributed by atoms with Crippen LogP contribution in [0, 0.1) is 5.92 Å². The molecule has 10 heteroatoms. The van der Waals surface area contributed by atoms with E-state index in [0.29, 0.717) is 37.2 Å². The van der Waals surface area contributed by atoms with E-state index in [1.807, 2.05) is 12.1 Å². The van der Waals surface area contributed by atoms with Crippen molar-refractivity contribution in [3.05, 3.63) is 46.5 Å². The first kappa shape index (κ1) is 28.6. The first-order valence-corrected chi connectivity index (χ1v) is 18.1. The maximum Gasteiger partial charge on any atom is 0.166 e. The molecule has 9 aliphatic rings. The van der Waals surface area contributed by atoms with E-state index in [9.17, 15) is 15.3 Å². The van der Waals surface area contributed by atoms with Gasteiger partial charge in [0.1, 0.15) is 0 Å². The Morgan fingerprint density at radius 1 is 0.812 bits per heavy atom. The lowest BCUT2D eigenvalue weighted by Crippen LogP contribution is -2.76. The van der Waals surface area contributed by atoms with Gasteiger partial charge in [-0.15, -0.1) is 0 Å². The molecule has 252 valence electrons. The third-order valence-corrected chi connectivity index (χ3v) is 14.6. The van der Waals surface area contributed by atoms with Crippen LogP contribution < -0.4 is 14.2 Å². The van der Waals surface area contributed by atoms with Crippen LogP contribution in [0.3, 0.4) is 0 Å². The molecular weight excluding hydrogens is 608 g/mol. The smallest absolute Gasteiger partial charge is 0.166 e. The van der Waals surface area contributed by atoms with Crippen molar-refractivity contribution in [2.75, 3.05) is 33.8 Å². The highest BCUT2D eigenvalue weighted by molar-refractivity contribution is 5.97. The molecule has 0 radical (unpaired) electrons. The molecule has 2 aromatic carbocycles. The Kier molecular flexibility index (Phi) is 5.45. The number of ether oxygens (including phenoxy) is 3. The molecule has 5 aliphatic carbocycles. The summed E-state index contributed by atoms with van der Waals surface area (Å²) >= 11 is 0. The van der Waals surface area contributed by atoms with Crippen molar-refractivity contribution in [2.24, 2.45) is 16.1 Å². The van der Waals surface area contributed by atoms with E-state index in [4.69, 9.17) is 24.4 Å². The summed E-state index contributed by atoms with van der Waals surface area (Å²) in [5, 5.41) is 46.6. The molecule has 8 unspecified atom stereocenters. The van der Waals surface area contributed by atoms with Crippen LogP contribution in [0.25, 0.3) is 0 Å². The summed E-state index contributed by atoms with van der Waals surface area (Å²) in [6.07, 6.45) is 7.05. The van der Waals surface area contributed by atoms with Crippen LogP contribution >= 0.6 is 0 Å². The number of nitrogens with zero attached hydrogens (tertiary/aromatic N) is 4. The minimum Gasteiger partial charge on any atom is -0.504 e.